The van der Waals surface area contributed by atoms with Gasteiger partial charge in [0.2, 0.25) is 0 Å². The monoisotopic (exact) mass is 286 g/mol. The number of nitriles is 1. The number of nitrogens with zero attached hydrogens (tertiary/aromatic N) is 2. The number of halogens is 2. The summed E-state index contributed by atoms with van der Waals surface area (Å²) < 4.78 is 0.982. The SMILES string of the molecule is CN(CCC#N)Cc1ccc(Br)cc1Cl. The van der Waals surface area contributed by atoms with Gasteiger partial charge in [-0.15, -0.1) is 0 Å². The molecule has 0 aromatic heterocycles. The zero-order valence-electron chi connectivity index (χ0n) is 8.50. The predicted molar refractivity (Wildman–Crippen MR) is 65.7 cm³/mol. The van der Waals surface area contributed by atoms with E-state index in [-0.39, 0.29) is 0 Å². The van der Waals surface area contributed by atoms with Crippen molar-refractivity contribution in [3.63, 3.8) is 0 Å². The molecule has 0 saturated carbocycles. The molecule has 0 amide bonds. The van der Waals surface area contributed by atoms with Gasteiger partial charge in [-0.3, -0.25) is 0 Å². The number of hydrogen-bond donors (Lipinski definition) is 0. The lowest BCUT2D eigenvalue weighted by Gasteiger charge is -2.15. The summed E-state index contributed by atoms with van der Waals surface area (Å²) in [5, 5.41) is 9.22. The normalized spacial score (nSPS) is 10.3. The first-order valence-electron chi connectivity index (χ1n) is 4.63. The summed E-state index contributed by atoms with van der Waals surface area (Å²) in [5.74, 6) is 0. The summed E-state index contributed by atoms with van der Waals surface area (Å²) in [6.07, 6.45) is 0.546. The van der Waals surface area contributed by atoms with Crippen LogP contribution in [0.25, 0.3) is 0 Å². The minimum atomic E-state index is 0.546. The highest BCUT2D eigenvalue weighted by molar-refractivity contribution is 9.10. The second-order valence-corrected chi connectivity index (χ2v) is 4.70. The average Bonchev–Trinajstić information content (AvgIpc) is 2.19. The number of benzene rings is 1. The molecule has 0 unspecified atom stereocenters. The van der Waals surface area contributed by atoms with Crippen molar-refractivity contribution in [2.75, 3.05) is 13.6 Å². The number of rotatable bonds is 4. The van der Waals surface area contributed by atoms with Gasteiger partial charge in [0, 0.05) is 29.0 Å². The van der Waals surface area contributed by atoms with Crippen molar-refractivity contribution in [1.82, 2.24) is 4.90 Å². The molecule has 0 heterocycles. The zero-order valence-corrected chi connectivity index (χ0v) is 10.8. The van der Waals surface area contributed by atoms with Crippen LogP contribution in [0.15, 0.2) is 22.7 Å². The Morgan fingerprint density at radius 3 is 2.87 bits per heavy atom. The minimum Gasteiger partial charge on any atom is -0.301 e. The molecule has 1 aromatic rings. The lowest BCUT2D eigenvalue weighted by Crippen LogP contribution is -2.18. The molecule has 0 bridgehead atoms. The largest absolute Gasteiger partial charge is 0.301 e. The van der Waals surface area contributed by atoms with Crippen LogP contribution < -0.4 is 0 Å². The van der Waals surface area contributed by atoms with E-state index in [1.54, 1.807) is 0 Å². The van der Waals surface area contributed by atoms with Crippen LogP contribution >= 0.6 is 27.5 Å². The van der Waals surface area contributed by atoms with Gasteiger partial charge in [0.15, 0.2) is 0 Å². The maximum atomic E-state index is 8.46. The fourth-order valence-corrected chi connectivity index (χ4v) is 1.99. The maximum absolute atomic E-state index is 8.46. The molecule has 1 aromatic carbocycles. The Kier molecular flexibility index (Phi) is 5.10. The Morgan fingerprint density at radius 1 is 1.53 bits per heavy atom. The van der Waals surface area contributed by atoms with Gasteiger partial charge in [0.1, 0.15) is 0 Å². The van der Waals surface area contributed by atoms with Crippen molar-refractivity contribution in [2.24, 2.45) is 0 Å². The molecule has 0 atom stereocenters. The van der Waals surface area contributed by atoms with Gasteiger partial charge < -0.3 is 4.90 Å². The third kappa shape index (κ3) is 4.21. The van der Waals surface area contributed by atoms with Crippen molar-refractivity contribution < 1.29 is 0 Å². The van der Waals surface area contributed by atoms with E-state index in [4.69, 9.17) is 16.9 Å². The van der Waals surface area contributed by atoms with E-state index in [0.717, 1.165) is 28.1 Å². The molecule has 15 heavy (non-hydrogen) atoms. The van der Waals surface area contributed by atoms with E-state index >= 15 is 0 Å². The predicted octanol–water partition coefficient (Wildman–Crippen LogP) is 3.45. The fourth-order valence-electron chi connectivity index (χ4n) is 1.26. The third-order valence-electron chi connectivity index (χ3n) is 2.06. The van der Waals surface area contributed by atoms with Gasteiger partial charge >= 0.3 is 0 Å². The molecule has 80 valence electrons. The molecule has 0 fully saturated rings. The second kappa shape index (κ2) is 6.12. The molecule has 1 rings (SSSR count). The summed E-state index contributed by atoms with van der Waals surface area (Å²) in [5.41, 5.74) is 1.08. The second-order valence-electron chi connectivity index (χ2n) is 3.38. The Balaban J connectivity index is 2.61. The highest BCUT2D eigenvalue weighted by atomic mass is 79.9. The molecule has 2 nitrogen and oxygen atoms in total. The topological polar surface area (TPSA) is 27.0 Å². The molecular formula is C11H12BrClN2. The third-order valence-corrected chi connectivity index (χ3v) is 2.91. The first kappa shape index (κ1) is 12.5. The highest BCUT2D eigenvalue weighted by Crippen LogP contribution is 2.22. The van der Waals surface area contributed by atoms with E-state index in [0.29, 0.717) is 6.42 Å². The van der Waals surface area contributed by atoms with Crippen LogP contribution in [-0.4, -0.2) is 18.5 Å². The smallest absolute Gasteiger partial charge is 0.0635 e. The first-order chi connectivity index (χ1) is 7.13. The first-order valence-corrected chi connectivity index (χ1v) is 5.80. The summed E-state index contributed by atoms with van der Waals surface area (Å²) in [6, 6.07) is 7.98. The Labute approximate surface area is 104 Å². The van der Waals surface area contributed by atoms with Crippen LogP contribution in [0.2, 0.25) is 5.02 Å². The van der Waals surface area contributed by atoms with E-state index in [9.17, 15) is 0 Å². The summed E-state index contributed by atoms with van der Waals surface area (Å²) >= 11 is 9.45. The van der Waals surface area contributed by atoms with Crippen LogP contribution in [0.1, 0.15) is 12.0 Å². The van der Waals surface area contributed by atoms with Crippen LogP contribution in [0.5, 0.6) is 0 Å². The molecule has 0 aliphatic heterocycles. The van der Waals surface area contributed by atoms with E-state index in [1.165, 1.54) is 0 Å². The molecular weight excluding hydrogens is 275 g/mol. The van der Waals surface area contributed by atoms with Crippen LogP contribution in [-0.2, 0) is 6.54 Å². The molecule has 0 saturated heterocycles. The Bertz CT molecular complexity index is 373. The zero-order chi connectivity index (χ0) is 11.3. The fraction of sp³-hybridized carbons (Fsp3) is 0.364. The maximum Gasteiger partial charge on any atom is 0.0635 e. The van der Waals surface area contributed by atoms with Gasteiger partial charge in [-0.2, -0.15) is 5.26 Å². The van der Waals surface area contributed by atoms with E-state index in [1.807, 2.05) is 25.2 Å². The van der Waals surface area contributed by atoms with Crippen molar-refractivity contribution in [1.29, 1.82) is 5.26 Å². The minimum absolute atomic E-state index is 0.546. The van der Waals surface area contributed by atoms with Gasteiger partial charge in [-0.05, 0) is 24.7 Å². The average molecular weight is 288 g/mol. The molecule has 0 aliphatic carbocycles. The van der Waals surface area contributed by atoms with Gasteiger partial charge in [-0.25, -0.2) is 0 Å². The highest BCUT2D eigenvalue weighted by Gasteiger charge is 2.04. The van der Waals surface area contributed by atoms with Gasteiger partial charge in [0.05, 0.1) is 6.07 Å². The summed E-state index contributed by atoms with van der Waals surface area (Å²) in [7, 11) is 1.98. The van der Waals surface area contributed by atoms with Crippen molar-refractivity contribution in [3.05, 3.63) is 33.3 Å². The van der Waals surface area contributed by atoms with Crippen LogP contribution in [0.3, 0.4) is 0 Å². The molecule has 0 radical (unpaired) electrons. The van der Waals surface area contributed by atoms with Gasteiger partial charge in [0.25, 0.3) is 0 Å². The van der Waals surface area contributed by atoms with Crippen molar-refractivity contribution in [2.45, 2.75) is 13.0 Å². The van der Waals surface area contributed by atoms with Crippen LogP contribution in [0, 0.1) is 11.3 Å². The van der Waals surface area contributed by atoms with E-state index < -0.39 is 0 Å². The van der Waals surface area contributed by atoms with Crippen molar-refractivity contribution in [3.8, 4) is 6.07 Å². The van der Waals surface area contributed by atoms with Gasteiger partial charge in [-0.1, -0.05) is 33.6 Å². The van der Waals surface area contributed by atoms with Crippen molar-refractivity contribution >= 4 is 27.5 Å². The standard InChI is InChI=1S/C11H12BrClN2/c1-15(6-2-5-14)8-9-3-4-10(12)7-11(9)13/h3-4,7H,2,6,8H2,1H3. The van der Waals surface area contributed by atoms with Crippen LogP contribution in [0.4, 0.5) is 0 Å². The molecule has 4 heteroatoms. The quantitative estimate of drug-likeness (QED) is 0.848. The lowest BCUT2D eigenvalue weighted by molar-refractivity contribution is 0.335. The van der Waals surface area contributed by atoms with E-state index in [2.05, 4.69) is 26.9 Å². The number of hydrogen-bond acceptors (Lipinski definition) is 2. The molecule has 0 N–H and O–H groups in total. The Hall–Kier alpha value is -0.560. The summed E-state index contributed by atoms with van der Waals surface area (Å²) in [4.78, 5) is 2.08. The molecule has 0 aliphatic rings. The Morgan fingerprint density at radius 2 is 2.27 bits per heavy atom. The summed E-state index contributed by atoms with van der Waals surface area (Å²) in [6.45, 7) is 1.54. The molecule has 0 spiro atoms. The lowest BCUT2D eigenvalue weighted by atomic mass is 10.2.